The van der Waals surface area contributed by atoms with Crippen LogP contribution in [0.1, 0.15) is 28.8 Å². The summed E-state index contributed by atoms with van der Waals surface area (Å²) in [5, 5.41) is 11.4. The summed E-state index contributed by atoms with van der Waals surface area (Å²) in [4.78, 5) is 32.6. The molecule has 0 unspecified atom stereocenters. The number of hydrogen-bond acceptors (Lipinski definition) is 6. The first kappa shape index (κ1) is 22.9. The molecule has 0 fully saturated rings. The van der Waals surface area contributed by atoms with Gasteiger partial charge in [0.05, 0.1) is 17.4 Å². The molecule has 2 amide bonds. The highest BCUT2D eigenvalue weighted by atomic mass is 79.9. The third kappa shape index (κ3) is 5.23. The molecule has 4 rings (SSSR count). The molecule has 0 saturated carbocycles. The number of carbonyl (C=O) groups is 2. The first-order valence-electron chi connectivity index (χ1n) is 10.0. The molecule has 2 aromatic carbocycles. The van der Waals surface area contributed by atoms with E-state index >= 15 is 0 Å². The molecule has 1 aromatic heterocycles. The predicted octanol–water partition coefficient (Wildman–Crippen LogP) is 5.15. The van der Waals surface area contributed by atoms with Gasteiger partial charge in [0, 0.05) is 29.3 Å². The van der Waals surface area contributed by atoms with Gasteiger partial charge >= 0.3 is 0 Å². The fourth-order valence-electron chi connectivity index (χ4n) is 3.42. The zero-order chi connectivity index (χ0) is 23.5. The Balaban J connectivity index is 1.63. The van der Waals surface area contributed by atoms with Gasteiger partial charge in [-0.05, 0) is 42.7 Å². The second kappa shape index (κ2) is 9.72. The second-order valence-electron chi connectivity index (χ2n) is 7.30. The summed E-state index contributed by atoms with van der Waals surface area (Å²) < 4.78 is 15.1. The number of aromatic nitrogens is 2. The first-order chi connectivity index (χ1) is 15.8. The largest absolute Gasteiger partial charge is 0.355 e. The summed E-state index contributed by atoms with van der Waals surface area (Å²) in [7, 11) is 1.45. The van der Waals surface area contributed by atoms with Gasteiger partial charge in [-0.2, -0.15) is 4.98 Å². The fraction of sp³-hybridized carbons (Fsp3) is 0.182. The van der Waals surface area contributed by atoms with Crippen LogP contribution in [0.5, 0.6) is 0 Å². The van der Waals surface area contributed by atoms with Crippen LogP contribution in [0.3, 0.4) is 0 Å². The van der Waals surface area contributed by atoms with Gasteiger partial charge < -0.3 is 21.3 Å². The Bertz CT molecular complexity index is 1260. The van der Waals surface area contributed by atoms with Crippen molar-refractivity contribution in [3.8, 4) is 0 Å². The average Bonchev–Trinajstić information content (AvgIpc) is 2.97. The van der Waals surface area contributed by atoms with E-state index in [2.05, 4.69) is 47.2 Å². The van der Waals surface area contributed by atoms with Crippen LogP contribution in [0.15, 0.2) is 41.0 Å². The molecule has 170 valence electrons. The Morgan fingerprint density at radius 3 is 2.82 bits per heavy atom. The van der Waals surface area contributed by atoms with E-state index in [1.54, 1.807) is 0 Å². The minimum absolute atomic E-state index is 0.0245. The summed E-state index contributed by atoms with van der Waals surface area (Å²) in [5.74, 6) is -0.852. The number of fused-ring (bicyclic) bond motifs is 1. The molecule has 0 saturated heterocycles. The minimum atomic E-state index is -0.659. The Morgan fingerprint density at radius 1 is 1.21 bits per heavy atom. The normalized spacial score (nSPS) is 12.9. The molecule has 0 atom stereocenters. The molecule has 4 N–H and O–H groups in total. The lowest BCUT2D eigenvalue weighted by Gasteiger charge is -2.15. The monoisotopic (exact) mass is 532 g/mol. The lowest BCUT2D eigenvalue weighted by atomic mass is 10.1. The van der Waals surface area contributed by atoms with Crippen LogP contribution in [-0.2, 0) is 11.2 Å². The summed E-state index contributed by atoms with van der Waals surface area (Å²) in [6.45, 7) is 0. The van der Waals surface area contributed by atoms with E-state index in [4.69, 9.17) is 11.6 Å². The lowest BCUT2D eigenvalue weighted by Crippen LogP contribution is -2.20. The SMILES string of the molecule is CNC(=O)c1cc(Br)cc(F)c1Nc1nc(Nc2ccc3c(c2)NC(=O)CCC3)ncc1Cl. The quantitative estimate of drug-likeness (QED) is 0.361. The van der Waals surface area contributed by atoms with E-state index < -0.39 is 11.7 Å². The zero-order valence-corrected chi connectivity index (χ0v) is 19.8. The fourth-order valence-corrected chi connectivity index (χ4v) is 3.99. The molecule has 0 bridgehead atoms. The Hall–Kier alpha value is -3.24. The number of rotatable bonds is 5. The summed E-state index contributed by atoms with van der Waals surface area (Å²) >= 11 is 9.42. The summed E-state index contributed by atoms with van der Waals surface area (Å²) in [5.41, 5.74) is 2.46. The van der Waals surface area contributed by atoms with Gasteiger partial charge in [-0.25, -0.2) is 9.37 Å². The van der Waals surface area contributed by atoms with E-state index in [1.807, 2.05) is 18.2 Å². The number of halogens is 3. The minimum Gasteiger partial charge on any atom is -0.355 e. The van der Waals surface area contributed by atoms with E-state index in [0.29, 0.717) is 16.6 Å². The Kier molecular flexibility index (Phi) is 6.75. The van der Waals surface area contributed by atoms with Crippen LogP contribution < -0.4 is 21.3 Å². The van der Waals surface area contributed by atoms with Crippen molar-refractivity contribution in [2.75, 3.05) is 23.0 Å². The van der Waals surface area contributed by atoms with Gasteiger partial charge in [-0.15, -0.1) is 0 Å². The molecule has 1 aliphatic rings. The number of nitrogens with one attached hydrogen (secondary N) is 4. The van der Waals surface area contributed by atoms with Gasteiger partial charge in [0.1, 0.15) is 10.8 Å². The standard InChI is InChI=1S/C22H19BrClFN6O2/c1-26-21(33)14-7-12(23)8-16(25)19(14)30-20-15(24)10-27-22(31-20)28-13-6-5-11-3-2-4-18(32)29-17(11)9-13/h5-10H,2-4H2,1H3,(H,26,33)(H,29,32)(H2,27,28,30,31). The van der Waals surface area contributed by atoms with Gasteiger partial charge in [-0.3, -0.25) is 9.59 Å². The highest BCUT2D eigenvalue weighted by molar-refractivity contribution is 9.10. The molecule has 33 heavy (non-hydrogen) atoms. The topological polar surface area (TPSA) is 108 Å². The molecule has 3 aromatic rings. The number of benzene rings is 2. The molecule has 0 radical (unpaired) electrons. The van der Waals surface area contributed by atoms with Crippen molar-refractivity contribution < 1.29 is 14.0 Å². The van der Waals surface area contributed by atoms with Crippen LogP contribution in [0.4, 0.5) is 33.2 Å². The third-order valence-corrected chi connectivity index (χ3v) is 5.74. The van der Waals surface area contributed by atoms with Crippen molar-refractivity contribution in [2.45, 2.75) is 19.3 Å². The number of hydrogen-bond donors (Lipinski definition) is 4. The third-order valence-electron chi connectivity index (χ3n) is 5.00. The predicted molar refractivity (Wildman–Crippen MR) is 129 cm³/mol. The maximum Gasteiger partial charge on any atom is 0.253 e. The van der Waals surface area contributed by atoms with Crippen molar-refractivity contribution in [3.05, 3.63) is 63.0 Å². The van der Waals surface area contributed by atoms with Crippen LogP contribution in [-0.4, -0.2) is 28.8 Å². The molecule has 8 nitrogen and oxygen atoms in total. The average molecular weight is 534 g/mol. The van der Waals surface area contributed by atoms with Gasteiger partial charge in [0.15, 0.2) is 5.82 Å². The lowest BCUT2D eigenvalue weighted by molar-refractivity contribution is -0.116. The highest BCUT2D eigenvalue weighted by Crippen LogP contribution is 2.32. The smallest absolute Gasteiger partial charge is 0.253 e. The van der Waals surface area contributed by atoms with Crippen LogP contribution >= 0.6 is 27.5 Å². The van der Waals surface area contributed by atoms with Crippen molar-refractivity contribution in [2.24, 2.45) is 0 Å². The number of nitrogens with zero attached hydrogens (tertiary/aromatic N) is 2. The van der Waals surface area contributed by atoms with Gasteiger partial charge in [0.25, 0.3) is 5.91 Å². The molecule has 11 heteroatoms. The molecule has 0 spiro atoms. The van der Waals surface area contributed by atoms with Crippen molar-refractivity contribution in [1.82, 2.24) is 15.3 Å². The molecular weight excluding hydrogens is 515 g/mol. The molecule has 0 aliphatic carbocycles. The highest BCUT2D eigenvalue weighted by Gasteiger charge is 2.19. The van der Waals surface area contributed by atoms with E-state index in [-0.39, 0.29) is 33.9 Å². The first-order valence-corrected chi connectivity index (χ1v) is 11.2. The van der Waals surface area contributed by atoms with E-state index in [9.17, 15) is 14.0 Å². The molecule has 1 aliphatic heterocycles. The van der Waals surface area contributed by atoms with Crippen LogP contribution in [0.25, 0.3) is 0 Å². The van der Waals surface area contributed by atoms with E-state index in [0.717, 1.165) is 24.1 Å². The Labute approximate surface area is 202 Å². The zero-order valence-electron chi connectivity index (χ0n) is 17.4. The summed E-state index contributed by atoms with van der Waals surface area (Å²) in [6.07, 6.45) is 3.45. The molecule has 2 heterocycles. The van der Waals surface area contributed by atoms with Gasteiger partial charge in [-0.1, -0.05) is 33.6 Å². The number of carbonyl (C=O) groups excluding carboxylic acids is 2. The van der Waals surface area contributed by atoms with Crippen LogP contribution in [0, 0.1) is 5.82 Å². The number of amides is 2. The maximum absolute atomic E-state index is 14.7. The van der Waals surface area contributed by atoms with Crippen molar-refractivity contribution in [1.29, 1.82) is 0 Å². The summed E-state index contributed by atoms with van der Waals surface area (Å²) in [6, 6.07) is 8.32. The Morgan fingerprint density at radius 2 is 2.03 bits per heavy atom. The molecular formula is C22H19BrClFN6O2. The van der Waals surface area contributed by atoms with E-state index in [1.165, 1.54) is 25.4 Å². The van der Waals surface area contributed by atoms with Crippen molar-refractivity contribution >= 4 is 68.2 Å². The maximum atomic E-state index is 14.7. The van der Waals surface area contributed by atoms with Crippen molar-refractivity contribution in [3.63, 3.8) is 0 Å². The van der Waals surface area contributed by atoms with Crippen LogP contribution in [0.2, 0.25) is 5.02 Å². The van der Waals surface area contributed by atoms with Gasteiger partial charge in [0.2, 0.25) is 11.9 Å². The number of anilines is 5. The number of aryl methyl sites for hydroxylation is 1. The second-order valence-corrected chi connectivity index (χ2v) is 8.63.